The molecule has 2 heterocycles. The summed E-state index contributed by atoms with van der Waals surface area (Å²) in [6.45, 7) is 0. The average molecular weight is 408 g/mol. The SMILES string of the molecule is O=C(CSc1nnc(NC2CC2)s1)Nc1cc(Cl)ccc1-n1cncn1. The van der Waals surface area contributed by atoms with Gasteiger partial charge in [-0.3, -0.25) is 4.79 Å². The van der Waals surface area contributed by atoms with E-state index < -0.39 is 0 Å². The Morgan fingerprint density at radius 2 is 2.27 bits per heavy atom. The van der Waals surface area contributed by atoms with Crippen LogP contribution in [0.5, 0.6) is 0 Å². The van der Waals surface area contributed by atoms with E-state index in [1.165, 1.54) is 42.3 Å². The predicted octanol–water partition coefficient (Wildman–Crippen LogP) is 3.08. The van der Waals surface area contributed by atoms with E-state index in [-0.39, 0.29) is 11.7 Å². The van der Waals surface area contributed by atoms with Gasteiger partial charge in [-0.25, -0.2) is 9.67 Å². The normalized spacial score (nSPS) is 13.6. The molecule has 11 heteroatoms. The van der Waals surface area contributed by atoms with Gasteiger partial charge in [0.2, 0.25) is 11.0 Å². The summed E-state index contributed by atoms with van der Waals surface area (Å²) in [5, 5.41) is 19.8. The number of nitrogens with one attached hydrogen (secondary N) is 2. The third-order valence-electron chi connectivity index (χ3n) is 3.54. The van der Waals surface area contributed by atoms with Crippen LogP contribution in [-0.4, -0.2) is 42.7 Å². The molecule has 0 spiro atoms. The molecular formula is C15H14ClN7OS2. The van der Waals surface area contributed by atoms with Crippen molar-refractivity contribution in [1.29, 1.82) is 0 Å². The smallest absolute Gasteiger partial charge is 0.234 e. The Balaban J connectivity index is 1.38. The summed E-state index contributed by atoms with van der Waals surface area (Å²) in [5.41, 5.74) is 1.26. The molecule has 8 nitrogen and oxygen atoms in total. The zero-order valence-corrected chi connectivity index (χ0v) is 15.8. The number of nitrogens with zero attached hydrogens (tertiary/aromatic N) is 5. The third-order valence-corrected chi connectivity index (χ3v) is 5.76. The highest BCUT2D eigenvalue weighted by Crippen LogP contribution is 2.30. The summed E-state index contributed by atoms with van der Waals surface area (Å²) in [5.74, 6) is 0.0620. The first-order valence-electron chi connectivity index (χ1n) is 7.84. The average Bonchev–Trinajstić information content (AvgIpc) is 3.09. The van der Waals surface area contributed by atoms with Gasteiger partial charge in [-0.15, -0.1) is 10.2 Å². The highest BCUT2D eigenvalue weighted by atomic mass is 35.5. The van der Waals surface area contributed by atoms with Crippen molar-refractivity contribution < 1.29 is 4.79 Å². The minimum absolute atomic E-state index is 0.162. The number of rotatable bonds is 7. The number of amides is 1. The van der Waals surface area contributed by atoms with E-state index in [4.69, 9.17) is 11.6 Å². The van der Waals surface area contributed by atoms with Gasteiger partial charge in [-0.05, 0) is 31.0 Å². The van der Waals surface area contributed by atoms with Gasteiger partial charge in [0, 0.05) is 11.1 Å². The number of hydrogen-bond donors (Lipinski definition) is 2. The Labute approximate surface area is 162 Å². The topological polar surface area (TPSA) is 97.6 Å². The summed E-state index contributed by atoms with van der Waals surface area (Å²) in [4.78, 5) is 16.3. The Kier molecular flexibility index (Phi) is 5.05. The van der Waals surface area contributed by atoms with Crippen LogP contribution in [0.1, 0.15) is 12.8 Å². The second-order valence-electron chi connectivity index (χ2n) is 5.63. The van der Waals surface area contributed by atoms with Gasteiger partial charge >= 0.3 is 0 Å². The lowest BCUT2D eigenvalue weighted by Crippen LogP contribution is -2.16. The molecule has 0 saturated heterocycles. The van der Waals surface area contributed by atoms with Crippen molar-refractivity contribution >= 4 is 51.4 Å². The van der Waals surface area contributed by atoms with Crippen LogP contribution in [0.2, 0.25) is 5.02 Å². The van der Waals surface area contributed by atoms with Crippen molar-refractivity contribution in [2.45, 2.75) is 23.2 Å². The fraction of sp³-hybridized carbons (Fsp3) is 0.267. The molecule has 0 bridgehead atoms. The second-order valence-corrected chi connectivity index (χ2v) is 8.27. The zero-order valence-electron chi connectivity index (χ0n) is 13.4. The summed E-state index contributed by atoms with van der Waals surface area (Å²) < 4.78 is 2.32. The van der Waals surface area contributed by atoms with E-state index in [2.05, 4.69) is 30.9 Å². The highest BCUT2D eigenvalue weighted by Gasteiger charge is 2.22. The first kappa shape index (κ1) is 17.3. The summed E-state index contributed by atoms with van der Waals surface area (Å²) in [6, 6.07) is 5.73. The molecule has 0 unspecified atom stereocenters. The molecule has 0 radical (unpaired) electrons. The number of aromatic nitrogens is 5. The lowest BCUT2D eigenvalue weighted by Gasteiger charge is -2.11. The third kappa shape index (κ3) is 4.32. The van der Waals surface area contributed by atoms with Crippen molar-refractivity contribution in [3.8, 4) is 5.69 Å². The molecule has 134 valence electrons. The molecular weight excluding hydrogens is 394 g/mol. The van der Waals surface area contributed by atoms with Gasteiger partial charge < -0.3 is 10.6 Å². The maximum absolute atomic E-state index is 12.3. The Bertz CT molecular complexity index is 911. The van der Waals surface area contributed by atoms with Crippen molar-refractivity contribution in [3.05, 3.63) is 35.9 Å². The fourth-order valence-corrected chi connectivity index (χ4v) is 3.98. The highest BCUT2D eigenvalue weighted by molar-refractivity contribution is 8.01. The molecule has 2 N–H and O–H groups in total. The Hall–Kier alpha value is -2.17. The lowest BCUT2D eigenvalue weighted by atomic mass is 10.2. The number of carbonyl (C=O) groups is 1. The lowest BCUT2D eigenvalue weighted by molar-refractivity contribution is -0.113. The van der Waals surface area contributed by atoms with Gasteiger partial charge in [0.05, 0.1) is 17.1 Å². The molecule has 0 aliphatic heterocycles. The van der Waals surface area contributed by atoms with Crippen molar-refractivity contribution in [2.24, 2.45) is 0 Å². The van der Waals surface area contributed by atoms with Gasteiger partial charge in [0.25, 0.3) is 0 Å². The molecule has 1 amide bonds. The molecule has 1 aliphatic carbocycles. The largest absolute Gasteiger partial charge is 0.357 e. The van der Waals surface area contributed by atoms with Crippen LogP contribution in [-0.2, 0) is 4.79 Å². The minimum Gasteiger partial charge on any atom is -0.357 e. The second kappa shape index (κ2) is 7.60. The predicted molar refractivity (Wildman–Crippen MR) is 102 cm³/mol. The molecule has 1 saturated carbocycles. The number of hydrogen-bond acceptors (Lipinski definition) is 8. The molecule has 26 heavy (non-hydrogen) atoms. The van der Waals surface area contributed by atoms with E-state index >= 15 is 0 Å². The molecule has 1 fully saturated rings. The van der Waals surface area contributed by atoms with Crippen LogP contribution < -0.4 is 10.6 Å². The van der Waals surface area contributed by atoms with Crippen molar-refractivity contribution in [3.63, 3.8) is 0 Å². The van der Waals surface area contributed by atoms with Crippen molar-refractivity contribution in [1.82, 2.24) is 25.0 Å². The number of anilines is 2. The van der Waals surface area contributed by atoms with E-state index in [1.807, 2.05) is 0 Å². The van der Waals surface area contributed by atoms with Crippen LogP contribution in [0.15, 0.2) is 35.2 Å². The first-order chi connectivity index (χ1) is 12.7. The summed E-state index contributed by atoms with van der Waals surface area (Å²) in [6.07, 6.45) is 5.35. The van der Waals surface area contributed by atoms with Gasteiger partial charge in [-0.1, -0.05) is 34.7 Å². The Morgan fingerprint density at radius 1 is 1.38 bits per heavy atom. The van der Waals surface area contributed by atoms with Gasteiger partial charge in [0.1, 0.15) is 12.7 Å². The van der Waals surface area contributed by atoms with E-state index in [0.29, 0.717) is 22.4 Å². The number of halogens is 1. The quantitative estimate of drug-likeness (QED) is 0.581. The maximum atomic E-state index is 12.3. The molecule has 1 aromatic carbocycles. The van der Waals surface area contributed by atoms with Gasteiger partial charge in [-0.2, -0.15) is 5.10 Å². The van der Waals surface area contributed by atoms with Crippen LogP contribution in [0.3, 0.4) is 0 Å². The van der Waals surface area contributed by atoms with E-state index in [9.17, 15) is 4.79 Å². The zero-order chi connectivity index (χ0) is 17.9. The Morgan fingerprint density at radius 3 is 3.04 bits per heavy atom. The molecule has 2 aromatic heterocycles. The summed E-state index contributed by atoms with van der Waals surface area (Å²) in [7, 11) is 0. The summed E-state index contributed by atoms with van der Waals surface area (Å²) >= 11 is 8.87. The monoisotopic (exact) mass is 407 g/mol. The molecule has 4 rings (SSSR count). The number of benzene rings is 1. The van der Waals surface area contributed by atoms with Crippen LogP contribution in [0.4, 0.5) is 10.8 Å². The standard InChI is InChI=1S/C15H14ClN7OS2/c16-9-1-4-12(23-8-17-7-18-23)11(5-9)20-13(24)6-25-15-22-21-14(26-15)19-10-2-3-10/h1,4-5,7-8,10H,2-3,6H2,(H,19,21)(H,20,24). The molecule has 1 aliphatic rings. The van der Waals surface area contributed by atoms with E-state index in [0.717, 1.165) is 9.47 Å². The molecule has 0 atom stereocenters. The van der Waals surface area contributed by atoms with Crippen LogP contribution in [0.25, 0.3) is 5.69 Å². The van der Waals surface area contributed by atoms with Crippen molar-refractivity contribution in [2.75, 3.05) is 16.4 Å². The minimum atomic E-state index is -0.162. The van der Waals surface area contributed by atoms with Crippen LogP contribution in [0, 0.1) is 0 Å². The molecule has 3 aromatic rings. The number of carbonyl (C=O) groups excluding carboxylic acids is 1. The van der Waals surface area contributed by atoms with E-state index in [1.54, 1.807) is 29.2 Å². The van der Waals surface area contributed by atoms with Crippen LogP contribution >= 0.6 is 34.7 Å². The maximum Gasteiger partial charge on any atom is 0.234 e. The number of thioether (sulfide) groups is 1. The fourth-order valence-electron chi connectivity index (χ4n) is 2.18. The first-order valence-corrected chi connectivity index (χ1v) is 10.0. The van der Waals surface area contributed by atoms with Gasteiger partial charge in [0.15, 0.2) is 4.34 Å².